The standard InChI is InChI=1S/C15H13BrN2O4S/c1-2-18-13-8-7-10(9-14(13)22-15(18)19)23(20,21)17-12-6-4-3-5-11(12)16/h3-9,17H,2H2,1H3. The first kappa shape index (κ1) is 15.8. The Morgan fingerprint density at radius 2 is 1.96 bits per heavy atom. The van der Waals surface area contributed by atoms with E-state index in [2.05, 4.69) is 20.7 Å². The molecule has 3 aromatic rings. The smallest absolute Gasteiger partial charge is 0.408 e. The topological polar surface area (TPSA) is 81.3 Å². The molecule has 0 amide bonds. The maximum absolute atomic E-state index is 12.5. The Kier molecular flexibility index (Phi) is 4.03. The molecule has 0 fully saturated rings. The molecule has 6 nitrogen and oxygen atoms in total. The summed E-state index contributed by atoms with van der Waals surface area (Å²) in [5, 5.41) is 0. The lowest BCUT2D eigenvalue weighted by atomic mass is 10.3. The first-order valence-corrected chi connectivity index (χ1v) is 9.11. The van der Waals surface area contributed by atoms with Crippen molar-refractivity contribution in [2.45, 2.75) is 18.4 Å². The van der Waals surface area contributed by atoms with Crippen LogP contribution in [0.15, 0.2) is 61.0 Å². The molecule has 0 unspecified atom stereocenters. The lowest BCUT2D eigenvalue weighted by Crippen LogP contribution is -2.13. The van der Waals surface area contributed by atoms with Crippen molar-refractivity contribution < 1.29 is 12.8 Å². The van der Waals surface area contributed by atoms with E-state index in [1.165, 1.54) is 16.7 Å². The second kappa shape index (κ2) is 5.86. The molecule has 0 atom stereocenters. The van der Waals surface area contributed by atoms with Crippen LogP contribution in [0.5, 0.6) is 0 Å². The number of hydrogen-bond acceptors (Lipinski definition) is 4. The van der Waals surface area contributed by atoms with Crippen LogP contribution in [0, 0.1) is 0 Å². The van der Waals surface area contributed by atoms with Crippen LogP contribution in [0.3, 0.4) is 0 Å². The third-order valence-electron chi connectivity index (χ3n) is 3.38. The molecule has 0 saturated carbocycles. The number of para-hydroxylation sites is 1. The second-order valence-electron chi connectivity index (χ2n) is 4.83. The molecule has 23 heavy (non-hydrogen) atoms. The second-order valence-corrected chi connectivity index (χ2v) is 7.36. The average molecular weight is 397 g/mol. The van der Waals surface area contributed by atoms with E-state index in [0.29, 0.717) is 22.2 Å². The average Bonchev–Trinajstić information content (AvgIpc) is 2.83. The molecular formula is C15H13BrN2O4S. The lowest BCUT2D eigenvalue weighted by molar-refractivity contribution is 0.512. The predicted molar refractivity (Wildman–Crippen MR) is 91.1 cm³/mol. The molecular weight excluding hydrogens is 384 g/mol. The number of aromatic nitrogens is 1. The van der Waals surface area contributed by atoms with E-state index in [-0.39, 0.29) is 10.5 Å². The molecule has 1 heterocycles. The molecule has 0 spiro atoms. The van der Waals surface area contributed by atoms with E-state index in [4.69, 9.17) is 4.42 Å². The third kappa shape index (κ3) is 2.91. The van der Waals surface area contributed by atoms with Crippen LogP contribution in [0.4, 0.5) is 5.69 Å². The zero-order chi connectivity index (χ0) is 16.6. The Labute approximate surface area is 140 Å². The van der Waals surface area contributed by atoms with Gasteiger partial charge in [0.2, 0.25) is 0 Å². The van der Waals surface area contributed by atoms with Gasteiger partial charge in [-0.15, -0.1) is 0 Å². The molecule has 2 aromatic carbocycles. The van der Waals surface area contributed by atoms with Crippen molar-refractivity contribution in [2.24, 2.45) is 0 Å². The largest absolute Gasteiger partial charge is 0.419 e. The van der Waals surface area contributed by atoms with Gasteiger partial charge in [0, 0.05) is 17.1 Å². The molecule has 0 radical (unpaired) electrons. The summed E-state index contributed by atoms with van der Waals surface area (Å²) in [6.45, 7) is 2.27. The van der Waals surface area contributed by atoms with Gasteiger partial charge in [0.05, 0.1) is 16.1 Å². The number of rotatable bonds is 4. The molecule has 0 bridgehead atoms. The maximum atomic E-state index is 12.5. The Morgan fingerprint density at radius 1 is 1.22 bits per heavy atom. The molecule has 1 N–H and O–H groups in total. The number of halogens is 1. The molecule has 8 heteroatoms. The Morgan fingerprint density at radius 3 is 2.65 bits per heavy atom. The fraction of sp³-hybridized carbons (Fsp3) is 0.133. The van der Waals surface area contributed by atoms with Crippen molar-refractivity contribution >= 4 is 42.7 Å². The highest BCUT2D eigenvalue weighted by molar-refractivity contribution is 9.10. The highest BCUT2D eigenvalue weighted by Gasteiger charge is 2.18. The summed E-state index contributed by atoms with van der Waals surface area (Å²) in [5.74, 6) is -0.504. The summed E-state index contributed by atoms with van der Waals surface area (Å²) < 4.78 is 34.7. The lowest BCUT2D eigenvalue weighted by Gasteiger charge is -2.09. The highest BCUT2D eigenvalue weighted by Crippen LogP contribution is 2.25. The van der Waals surface area contributed by atoms with Gasteiger partial charge < -0.3 is 4.42 Å². The van der Waals surface area contributed by atoms with Crippen LogP contribution in [-0.2, 0) is 16.6 Å². The van der Waals surface area contributed by atoms with Gasteiger partial charge in [-0.25, -0.2) is 13.2 Å². The van der Waals surface area contributed by atoms with Crippen molar-refractivity contribution in [3.8, 4) is 0 Å². The van der Waals surface area contributed by atoms with Gasteiger partial charge >= 0.3 is 5.76 Å². The monoisotopic (exact) mass is 396 g/mol. The number of hydrogen-bond donors (Lipinski definition) is 1. The predicted octanol–water partition coefficient (Wildman–Crippen LogP) is 3.18. The van der Waals surface area contributed by atoms with E-state index in [9.17, 15) is 13.2 Å². The van der Waals surface area contributed by atoms with Crippen molar-refractivity contribution in [3.05, 3.63) is 57.5 Å². The number of nitrogens with zero attached hydrogens (tertiary/aromatic N) is 1. The normalized spacial score (nSPS) is 11.7. The van der Waals surface area contributed by atoms with Crippen molar-refractivity contribution in [2.75, 3.05) is 4.72 Å². The van der Waals surface area contributed by atoms with E-state index in [1.54, 1.807) is 30.3 Å². The third-order valence-corrected chi connectivity index (χ3v) is 5.44. The van der Waals surface area contributed by atoms with Crippen LogP contribution in [0.2, 0.25) is 0 Å². The molecule has 0 aliphatic rings. The maximum Gasteiger partial charge on any atom is 0.419 e. The van der Waals surface area contributed by atoms with Crippen molar-refractivity contribution in [3.63, 3.8) is 0 Å². The minimum Gasteiger partial charge on any atom is -0.408 e. The van der Waals surface area contributed by atoms with Crippen molar-refractivity contribution in [1.82, 2.24) is 4.57 Å². The van der Waals surface area contributed by atoms with Crippen LogP contribution >= 0.6 is 15.9 Å². The van der Waals surface area contributed by atoms with Gasteiger partial charge in [-0.2, -0.15) is 0 Å². The fourth-order valence-corrected chi connectivity index (χ4v) is 3.87. The van der Waals surface area contributed by atoms with Gasteiger partial charge in [-0.3, -0.25) is 9.29 Å². The minimum atomic E-state index is -3.79. The van der Waals surface area contributed by atoms with Gasteiger partial charge in [0.1, 0.15) is 0 Å². The summed E-state index contributed by atoms with van der Waals surface area (Å²) in [7, 11) is -3.79. The van der Waals surface area contributed by atoms with E-state index in [1.807, 2.05) is 6.92 Å². The summed E-state index contributed by atoms with van der Waals surface area (Å²) in [6.07, 6.45) is 0. The van der Waals surface area contributed by atoms with Gasteiger partial charge in [-0.1, -0.05) is 12.1 Å². The summed E-state index contributed by atoms with van der Waals surface area (Å²) >= 11 is 3.29. The van der Waals surface area contributed by atoms with Gasteiger partial charge in [0.25, 0.3) is 10.0 Å². The molecule has 3 rings (SSSR count). The number of sulfonamides is 1. The molecule has 0 aliphatic carbocycles. The zero-order valence-electron chi connectivity index (χ0n) is 12.1. The van der Waals surface area contributed by atoms with E-state index in [0.717, 1.165) is 0 Å². The molecule has 1 aromatic heterocycles. The molecule has 0 aliphatic heterocycles. The van der Waals surface area contributed by atoms with Gasteiger partial charge in [0.15, 0.2) is 5.58 Å². The van der Waals surface area contributed by atoms with E-state index < -0.39 is 15.8 Å². The van der Waals surface area contributed by atoms with Crippen LogP contribution < -0.4 is 10.5 Å². The first-order chi connectivity index (χ1) is 10.9. The van der Waals surface area contributed by atoms with Crippen LogP contribution in [0.1, 0.15) is 6.92 Å². The van der Waals surface area contributed by atoms with Crippen molar-refractivity contribution in [1.29, 1.82) is 0 Å². The number of anilines is 1. The summed E-state index contributed by atoms with van der Waals surface area (Å²) in [5.41, 5.74) is 1.24. The first-order valence-electron chi connectivity index (χ1n) is 6.83. The quantitative estimate of drug-likeness (QED) is 0.733. The fourth-order valence-electron chi connectivity index (χ4n) is 2.26. The van der Waals surface area contributed by atoms with Gasteiger partial charge in [-0.05, 0) is 47.1 Å². The number of benzene rings is 2. The summed E-state index contributed by atoms with van der Waals surface area (Å²) in [6, 6.07) is 11.3. The Bertz CT molecular complexity index is 1040. The molecule has 120 valence electrons. The highest BCUT2D eigenvalue weighted by atomic mass is 79.9. The number of oxazole rings is 1. The van der Waals surface area contributed by atoms with Crippen LogP contribution in [0.25, 0.3) is 11.1 Å². The number of aryl methyl sites for hydroxylation is 1. The summed E-state index contributed by atoms with van der Waals surface area (Å²) in [4.78, 5) is 11.7. The number of nitrogens with one attached hydrogen (secondary N) is 1. The minimum absolute atomic E-state index is 0.0257. The zero-order valence-corrected chi connectivity index (χ0v) is 14.5. The Hall–Kier alpha value is -2.06. The van der Waals surface area contributed by atoms with Crippen LogP contribution in [-0.4, -0.2) is 13.0 Å². The SMILES string of the molecule is CCn1c(=O)oc2cc(S(=O)(=O)Nc3ccccc3Br)ccc21. The number of fused-ring (bicyclic) bond motifs is 1. The molecule has 0 saturated heterocycles. The van der Waals surface area contributed by atoms with E-state index >= 15 is 0 Å². The Balaban J connectivity index is 2.05.